The van der Waals surface area contributed by atoms with Crippen molar-refractivity contribution in [2.24, 2.45) is 0 Å². The summed E-state index contributed by atoms with van der Waals surface area (Å²) in [7, 11) is 0. The van der Waals surface area contributed by atoms with E-state index in [4.69, 9.17) is 15.3 Å². The number of hydrogen-bond donors (Lipinski definition) is 3. The first kappa shape index (κ1) is 15.6. The van der Waals surface area contributed by atoms with E-state index in [1.807, 2.05) is 0 Å². The normalized spacial score (nSPS) is 8.87. The summed E-state index contributed by atoms with van der Waals surface area (Å²) in [6, 6.07) is 0. The Morgan fingerprint density at radius 2 is 1.00 bits per heavy atom. The van der Waals surface area contributed by atoms with E-state index in [2.05, 4.69) is 13.2 Å². The maximum Gasteiger partial charge on any atom is 0.317 e. The molecule has 0 heterocycles. The Morgan fingerprint density at radius 3 is 1.13 bits per heavy atom. The predicted octanol–water partition coefficient (Wildman–Crippen LogP) is -0.656. The van der Waals surface area contributed by atoms with Crippen LogP contribution in [0, 0.1) is 0 Å². The summed E-state index contributed by atoms with van der Waals surface area (Å²) in [6.45, 7) is 4.20. The lowest BCUT2D eigenvalue weighted by Crippen LogP contribution is -2.38. The van der Waals surface area contributed by atoms with Gasteiger partial charge in [-0.15, -0.1) is 13.2 Å². The molecule has 0 aliphatic rings. The third-order valence-electron chi connectivity index (χ3n) is 1.08. The Bertz CT molecular complexity index is 201. The van der Waals surface area contributed by atoms with Crippen molar-refractivity contribution in [1.82, 2.24) is 4.90 Å². The lowest BCUT2D eigenvalue weighted by Gasteiger charge is -2.14. The largest absolute Gasteiger partial charge is 0.480 e. The Labute approximate surface area is 86.2 Å². The maximum absolute atomic E-state index is 10.1. The highest BCUT2D eigenvalue weighted by molar-refractivity contribution is 5.75. The monoisotopic (exact) mass is 219 g/mol. The van der Waals surface area contributed by atoms with Gasteiger partial charge >= 0.3 is 17.9 Å². The highest BCUT2D eigenvalue weighted by Gasteiger charge is 2.15. The summed E-state index contributed by atoms with van der Waals surface area (Å²) >= 11 is 0. The molecule has 86 valence electrons. The van der Waals surface area contributed by atoms with Crippen LogP contribution in [0.25, 0.3) is 0 Å². The van der Waals surface area contributed by atoms with E-state index in [9.17, 15) is 14.4 Å². The van der Waals surface area contributed by atoms with Gasteiger partial charge in [-0.3, -0.25) is 19.3 Å². The van der Waals surface area contributed by atoms with Crippen LogP contribution >= 0.6 is 0 Å². The minimum atomic E-state index is -1.26. The molecular weight excluding hydrogens is 206 g/mol. The zero-order valence-corrected chi connectivity index (χ0v) is 8.05. The van der Waals surface area contributed by atoms with Gasteiger partial charge in [-0.2, -0.15) is 0 Å². The summed E-state index contributed by atoms with van der Waals surface area (Å²) in [6.07, 6.45) is 0. The zero-order valence-electron chi connectivity index (χ0n) is 8.05. The van der Waals surface area contributed by atoms with Gasteiger partial charge < -0.3 is 15.3 Å². The van der Waals surface area contributed by atoms with Crippen molar-refractivity contribution in [2.45, 2.75) is 0 Å². The van der Waals surface area contributed by atoms with Gasteiger partial charge in [-0.1, -0.05) is 0 Å². The summed E-state index contributed by atoms with van der Waals surface area (Å²) in [4.78, 5) is 31.2. The number of rotatable bonds is 6. The molecule has 0 aromatic heterocycles. The van der Waals surface area contributed by atoms with Crippen LogP contribution in [0.15, 0.2) is 13.2 Å². The summed E-state index contributed by atoms with van der Waals surface area (Å²) in [5.41, 5.74) is 0. The van der Waals surface area contributed by atoms with E-state index >= 15 is 0 Å². The van der Waals surface area contributed by atoms with Crippen LogP contribution in [0.2, 0.25) is 0 Å². The standard InChI is InChI=1S/C6H9NO6.C2H4/c8-4(9)1-7(2-5(10)11)3-6(12)13;1-2/h1-3H2,(H,8,9)(H,10,11)(H,12,13);1-2H2. The van der Waals surface area contributed by atoms with Gasteiger partial charge in [0.15, 0.2) is 0 Å². The van der Waals surface area contributed by atoms with Gasteiger partial charge in [0.25, 0.3) is 0 Å². The number of nitrogens with zero attached hydrogens (tertiary/aromatic N) is 1. The highest BCUT2D eigenvalue weighted by atomic mass is 16.4. The van der Waals surface area contributed by atoms with Crippen LogP contribution in [-0.4, -0.2) is 57.8 Å². The molecule has 0 unspecified atom stereocenters. The van der Waals surface area contributed by atoms with E-state index in [1.54, 1.807) is 0 Å². The number of hydrogen-bond acceptors (Lipinski definition) is 4. The Balaban J connectivity index is 0. The van der Waals surface area contributed by atoms with Crippen LogP contribution < -0.4 is 0 Å². The van der Waals surface area contributed by atoms with Crippen molar-refractivity contribution < 1.29 is 29.7 Å². The Hall–Kier alpha value is -1.89. The molecule has 0 bridgehead atoms. The molecule has 0 rings (SSSR count). The van der Waals surface area contributed by atoms with Gasteiger partial charge in [-0.05, 0) is 0 Å². The molecule has 0 radical (unpaired) electrons. The molecule has 0 aromatic carbocycles. The molecule has 0 fully saturated rings. The van der Waals surface area contributed by atoms with E-state index in [-0.39, 0.29) is 0 Å². The first-order chi connectivity index (χ1) is 6.91. The van der Waals surface area contributed by atoms with Crippen molar-refractivity contribution >= 4 is 17.9 Å². The van der Waals surface area contributed by atoms with E-state index in [0.717, 1.165) is 4.90 Å². The molecule has 0 spiro atoms. The van der Waals surface area contributed by atoms with Gasteiger partial charge in [0.2, 0.25) is 0 Å². The van der Waals surface area contributed by atoms with Gasteiger partial charge in [0.05, 0.1) is 19.6 Å². The fourth-order valence-corrected chi connectivity index (χ4v) is 0.742. The molecule has 7 heteroatoms. The first-order valence-corrected chi connectivity index (χ1v) is 3.79. The van der Waals surface area contributed by atoms with Crippen LogP contribution in [0.1, 0.15) is 0 Å². The molecule has 0 aliphatic heterocycles. The van der Waals surface area contributed by atoms with Crippen molar-refractivity contribution in [3.63, 3.8) is 0 Å². The second-order valence-electron chi connectivity index (χ2n) is 2.33. The second kappa shape index (κ2) is 8.70. The van der Waals surface area contributed by atoms with Crippen molar-refractivity contribution in [1.29, 1.82) is 0 Å². The second-order valence-corrected chi connectivity index (χ2v) is 2.33. The fourth-order valence-electron chi connectivity index (χ4n) is 0.742. The molecule has 0 saturated carbocycles. The van der Waals surface area contributed by atoms with Gasteiger partial charge in [-0.25, -0.2) is 0 Å². The average Bonchev–Trinajstić information content (AvgIpc) is 2.03. The number of aliphatic carboxylic acids is 3. The lowest BCUT2D eigenvalue weighted by molar-refractivity contribution is -0.144. The van der Waals surface area contributed by atoms with Crippen LogP contribution in [-0.2, 0) is 14.4 Å². The van der Waals surface area contributed by atoms with Crippen LogP contribution in [0.5, 0.6) is 0 Å². The zero-order chi connectivity index (χ0) is 12.4. The third-order valence-corrected chi connectivity index (χ3v) is 1.08. The first-order valence-electron chi connectivity index (χ1n) is 3.79. The molecule has 3 N–H and O–H groups in total. The topological polar surface area (TPSA) is 115 Å². The average molecular weight is 219 g/mol. The molecule has 15 heavy (non-hydrogen) atoms. The highest BCUT2D eigenvalue weighted by Crippen LogP contribution is 1.87. The SMILES string of the molecule is C=C.O=C(O)CN(CC(=O)O)CC(=O)O. The number of carbonyl (C=O) groups is 3. The molecular formula is C8H13NO6. The molecule has 7 nitrogen and oxygen atoms in total. The molecule has 0 aromatic rings. The summed E-state index contributed by atoms with van der Waals surface area (Å²) < 4.78 is 0. The summed E-state index contributed by atoms with van der Waals surface area (Å²) in [5, 5.41) is 24.8. The van der Waals surface area contributed by atoms with Crippen molar-refractivity contribution in [3.8, 4) is 0 Å². The van der Waals surface area contributed by atoms with Crippen LogP contribution in [0.4, 0.5) is 0 Å². The van der Waals surface area contributed by atoms with E-state index in [1.165, 1.54) is 0 Å². The van der Waals surface area contributed by atoms with Crippen molar-refractivity contribution in [3.05, 3.63) is 13.2 Å². The third kappa shape index (κ3) is 12.1. The molecule has 0 amide bonds. The number of carboxylic acid groups (broad SMARTS) is 3. The van der Waals surface area contributed by atoms with Gasteiger partial charge in [0, 0.05) is 0 Å². The Kier molecular flexibility index (Phi) is 9.03. The smallest absolute Gasteiger partial charge is 0.317 e. The van der Waals surface area contributed by atoms with Crippen molar-refractivity contribution in [2.75, 3.05) is 19.6 Å². The fraction of sp³-hybridized carbons (Fsp3) is 0.375. The lowest BCUT2D eigenvalue weighted by atomic mass is 10.4. The van der Waals surface area contributed by atoms with E-state index < -0.39 is 37.5 Å². The van der Waals surface area contributed by atoms with Gasteiger partial charge in [0.1, 0.15) is 0 Å². The quantitative estimate of drug-likeness (QED) is 0.508. The number of carboxylic acids is 3. The Morgan fingerprint density at radius 1 is 0.800 bits per heavy atom. The minimum Gasteiger partial charge on any atom is -0.480 e. The predicted molar refractivity (Wildman–Crippen MR) is 50.6 cm³/mol. The van der Waals surface area contributed by atoms with E-state index in [0.29, 0.717) is 0 Å². The summed E-state index contributed by atoms with van der Waals surface area (Å²) in [5.74, 6) is -3.78. The molecule has 0 atom stereocenters. The molecule has 0 aliphatic carbocycles. The molecule has 0 saturated heterocycles. The van der Waals surface area contributed by atoms with Crippen LogP contribution in [0.3, 0.4) is 0 Å². The minimum absolute atomic E-state index is 0.599. The maximum atomic E-state index is 10.1.